The van der Waals surface area contributed by atoms with E-state index in [1.54, 1.807) is 27.7 Å². The molecular formula is C25H42N4O6. The third kappa shape index (κ3) is 6.65. The lowest BCUT2D eigenvalue weighted by Gasteiger charge is -2.44. The highest BCUT2D eigenvalue weighted by atomic mass is 16.6. The van der Waals surface area contributed by atoms with Crippen molar-refractivity contribution in [3.05, 3.63) is 0 Å². The van der Waals surface area contributed by atoms with Crippen LogP contribution < -0.4 is 5.32 Å². The Hall–Kier alpha value is -2.36. The highest BCUT2D eigenvalue weighted by molar-refractivity contribution is 5.93. The third-order valence-corrected chi connectivity index (χ3v) is 7.59. The van der Waals surface area contributed by atoms with E-state index in [9.17, 15) is 24.3 Å². The highest BCUT2D eigenvalue weighted by Crippen LogP contribution is 2.30. The first kappa shape index (κ1) is 27.2. The summed E-state index contributed by atoms with van der Waals surface area (Å²) in [4.78, 5) is 56.6. The van der Waals surface area contributed by atoms with Gasteiger partial charge in [-0.15, -0.1) is 0 Å². The maximum absolute atomic E-state index is 13.9. The second-order valence-corrected chi connectivity index (χ2v) is 11.3. The van der Waals surface area contributed by atoms with Crippen LogP contribution in [0.5, 0.6) is 0 Å². The smallest absolute Gasteiger partial charge is 0.410 e. The van der Waals surface area contributed by atoms with Gasteiger partial charge in [-0.3, -0.25) is 19.4 Å². The second-order valence-electron chi connectivity index (χ2n) is 11.3. The zero-order valence-electron chi connectivity index (χ0n) is 21.8. The Morgan fingerprint density at radius 3 is 2.29 bits per heavy atom. The van der Waals surface area contributed by atoms with Crippen molar-refractivity contribution in [3.8, 4) is 0 Å². The lowest BCUT2D eigenvalue weighted by atomic mass is 9.82. The number of ether oxygens (including phenoxy) is 1. The van der Waals surface area contributed by atoms with Gasteiger partial charge in [0.15, 0.2) is 0 Å². The zero-order valence-corrected chi connectivity index (χ0v) is 21.8. The Morgan fingerprint density at radius 2 is 1.69 bits per heavy atom. The molecule has 1 saturated carbocycles. The molecule has 4 atom stereocenters. The molecule has 2 saturated heterocycles. The molecule has 35 heavy (non-hydrogen) atoms. The van der Waals surface area contributed by atoms with Crippen LogP contribution in [0, 0.1) is 5.92 Å². The van der Waals surface area contributed by atoms with Gasteiger partial charge in [-0.25, -0.2) is 9.59 Å². The normalized spacial score (nSPS) is 25.3. The van der Waals surface area contributed by atoms with Gasteiger partial charge in [0.1, 0.15) is 23.7 Å². The van der Waals surface area contributed by atoms with E-state index in [-0.39, 0.29) is 17.9 Å². The molecule has 3 aliphatic rings. The van der Waals surface area contributed by atoms with Gasteiger partial charge in [0.25, 0.3) is 0 Å². The minimum absolute atomic E-state index is 0.0599. The number of carboxylic acid groups (broad SMARTS) is 1. The van der Waals surface area contributed by atoms with E-state index in [1.807, 2.05) is 0 Å². The van der Waals surface area contributed by atoms with Crippen molar-refractivity contribution < 1.29 is 29.0 Å². The summed E-state index contributed by atoms with van der Waals surface area (Å²) in [6, 6.07) is -2.44. The molecule has 1 aliphatic carbocycles. The molecule has 2 aliphatic heterocycles. The summed E-state index contributed by atoms with van der Waals surface area (Å²) in [5, 5.41) is 12.8. The van der Waals surface area contributed by atoms with Crippen molar-refractivity contribution >= 4 is 23.9 Å². The van der Waals surface area contributed by atoms with Crippen molar-refractivity contribution in [1.29, 1.82) is 0 Å². The van der Waals surface area contributed by atoms with E-state index in [0.717, 1.165) is 51.5 Å². The van der Waals surface area contributed by atoms with Crippen molar-refractivity contribution in [2.24, 2.45) is 5.92 Å². The molecule has 10 heteroatoms. The minimum Gasteiger partial charge on any atom is -0.480 e. The lowest BCUT2D eigenvalue weighted by molar-refractivity contribution is -0.157. The monoisotopic (exact) mass is 494 g/mol. The highest BCUT2D eigenvalue weighted by Gasteiger charge is 2.45. The predicted octanol–water partition coefficient (Wildman–Crippen LogP) is 2.07. The molecular weight excluding hydrogens is 452 g/mol. The van der Waals surface area contributed by atoms with E-state index in [2.05, 4.69) is 10.2 Å². The molecule has 1 unspecified atom stereocenters. The Kier molecular flexibility index (Phi) is 8.67. The fraction of sp³-hybridized carbons (Fsp3) is 0.840. The average molecular weight is 495 g/mol. The van der Waals surface area contributed by atoms with Gasteiger partial charge in [-0.05, 0) is 65.8 Å². The Morgan fingerprint density at radius 1 is 1.03 bits per heavy atom. The molecule has 0 bridgehead atoms. The molecule has 10 nitrogen and oxygen atoms in total. The first-order valence-electron chi connectivity index (χ1n) is 12.9. The van der Waals surface area contributed by atoms with E-state index in [0.29, 0.717) is 13.1 Å². The van der Waals surface area contributed by atoms with Gasteiger partial charge >= 0.3 is 12.1 Å². The summed E-state index contributed by atoms with van der Waals surface area (Å²) >= 11 is 0. The van der Waals surface area contributed by atoms with Crippen LogP contribution in [0.25, 0.3) is 0 Å². The second kappa shape index (κ2) is 11.1. The first-order valence-corrected chi connectivity index (χ1v) is 12.9. The number of hydrogen-bond acceptors (Lipinski definition) is 6. The summed E-state index contributed by atoms with van der Waals surface area (Å²) in [5.74, 6) is -1.85. The van der Waals surface area contributed by atoms with Crippen LogP contribution in [0.2, 0.25) is 0 Å². The quantitative estimate of drug-likeness (QED) is 0.580. The van der Waals surface area contributed by atoms with Crippen molar-refractivity contribution in [2.45, 2.75) is 102 Å². The fourth-order valence-electron chi connectivity index (χ4n) is 5.44. The van der Waals surface area contributed by atoms with Gasteiger partial charge in [-0.1, -0.05) is 19.3 Å². The Balaban J connectivity index is 1.78. The number of fused-ring (bicyclic) bond motifs is 1. The van der Waals surface area contributed by atoms with Gasteiger partial charge in [-0.2, -0.15) is 0 Å². The number of amides is 3. The van der Waals surface area contributed by atoms with Crippen LogP contribution >= 0.6 is 0 Å². The molecule has 3 amide bonds. The molecule has 0 aromatic carbocycles. The number of carbonyl (C=O) groups is 4. The maximum atomic E-state index is 13.9. The van der Waals surface area contributed by atoms with Crippen LogP contribution in [0.4, 0.5) is 4.79 Å². The molecule has 0 radical (unpaired) electrons. The molecule has 2 N–H and O–H groups in total. The standard InChI is InChI=1S/C25H42N4O6/c1-16(27(5)24(34)35-25(2,3)4)21(30)26-20(17-10-7-6-8-11-17)22(31)29-14-18-12-9-13-28(18)15-19(29)23(32)33/h16-20H,6-15H2,1-5H3,(H,26,30)(H,32,33)/t16-,18+,19?,20-/m0/s1. The lowest BCUT2D eigenvalue weighted by Crippen LogP contribution is -2.65. The number of carbonyl (C=O) groups excluding carboxylic acids is 3. The zero-order chi connectivity index (χ0) is 25.9. The van der Waals surface area contributed by atoms with Crippen LogP contribution in [0.15, 0.2) is 0 Å². The van der Waals surface area contributed by atoms with Crippen LogP contribution in [-0.2, 0) is 19.1 Å². The van der Waals surface area contributed by atoms with Crippen molar-refractivity contribution in [3.63, 3.8) is 0 Å². The summed E-state index contributed by atoms with van der Waals surface area (Å²) in [6.07, 6.45) is 5.94. The number of nitrogens with zero attached hydrogens (tertiary/aromatic N) is 3. The van der Waals surface area contributed by atoms with Gasteiger partial charge in [0, 0.05) is 26.2 Å². The van der Waals surface area contributed by atoms with Gasteiger partial charge in [0.2, 0.25) is 11.8 Å². The fourth-order valence-corrected chi connectivity index (χ4v) is 5.44. The topological polar surface area (TPSA) is 119 Å². The van der Waals surface area contributed by atoms with E-state index in [1.165, 1.54) is 16.8 Å². The predicted molar refractivity (Wildman–Crippen MR) is 130 cm³/mol. The summed E-state index contributed by atoms with van der Waals surface area (Å²) < 4.78 is 5.38. The number of carboxylic acids is 1. The first-order chi connectivity index (χ1) is 16.4. The van der Waals surface area contributed by atoms with Crippen LogP contribution in [0.1, 0.15) is 72.6 Å². The number of rotatable bonds is 6. The number of aliphatic carboxylic acids is 1. The number of piperazine rings is 1. The number of likely N-dealkylation sites (N-methyl/N-ethyl adjacent to an activating group) is 1. The summed E-state index contributed by atoms with van der Waals surface area (Å²) in [6.45, 7) is 8.39. The van der Waals surface area contributed by atoms with Crippen molar-refractivity contribution in [1.82, 2.24) is 20.0 Å². The Bertz CT molecular complexity index is 806. The van der Waals surface area contributed by atoms with E-state index >= 15 is 0 Å². The van der Waals surface area contributed by atoms with Crippen molar-refractivity contribution in [2.75, 3.05) is 26.7 Å². The van der Waals surface area contributed by atoms with Crippen LogP contribution in [-0.4, -0.2) is 100 Å². The molecule has 0 aromatic heterocycles. The molecule has 3 fully saturated rings. The van der Waals surface area contributed by atoms with Gasteiger partial charge in [0.05, 0.1) is 0 Å². The Labute approximate surface area is 208 Å². The summed E-state index contributed by atoms with van der Waals surface area (Å²) in [7, 11) is 1.50. The largest absolute Gasteiger partial charge is 0.480 e. The molecule has 2 heterocycles. The van der Waals surface area contributed by atoms with E-state index in [4.69, 9.17) is 4.74 Å². The summed E-state index contributed by atoms with van der Waals surface area (Å²) in [5.41, 5.74) is -0.698. The SMILES string of the molecule is C[C@@H](C(=O)N[C@H](C(=O)N1C[C@H]2CCCN2CC1C(=O)O)C1CCCCC1)N(C)C(=O)OC(C)(C)C. The number of nitrogens with one attached hydrogen (secondary N) is 1. The molecule has 0 aromatic rings. The minimum atomic E-state index is -1.02. The average Bonchev–Trinajstić information content (AvgIpc) is 3.27. The molecule has 3 rings (SSSR count). The third-order valence-electron chi connectivity index (χ3n) is 7.59. The number of hydrogen-bond donors (Lipinski definition) is 2. The molecule has 0 spiro atoms. The van der Waals surface area contributed by atoms with E-state index < -0.39 is 41.7 Å². The maximum Gasteiger partial charge on any atom is 0.410 e. The molecule has 198 valence electrons. The van der Waals surface area contributed by atoms with Crippen LogP contribution in [0.3, 0.4) is 0 Å². The van der Waals surface area contributed by atoms with Gasteiger partial charge < -0.3 is 20.1 Å².